The first-order chi connectivity index (χ1) is 10.1. The molecule has 0 aromatic heterocycles. The molecule has 0 aliphatic carbocycles. The third-order valence-electron chi connectivity index (χ3n) is 3.34. The predicted molar refractivity (Wildman–Crippen MR) is 87.5 cm³/mol. The summed E-state index contributed by atoms with van der Waals surface area (Å²) in [4.78, 5) is 10.2. The Hall–Kier alpha value is -2.09. The van der Waals surface area contributed by atoms with E-state index in [1.165, 1.54) is 0 Å². The number of anilines is 1. The average molecular weight is 297 g/mol. The molecule has 0 aliphatic rings. The van der Waals surface area contributed by atoms with Crippen molar-refractivity contribution in [1.82, 2.24) is 0 Å². The van der Waals surface area contributed by atoms with Crippen molar-refractivity contribution in [3.63, 3.8) is 0 Å². The molecule has 106 valence electrons. The molecule has 4 heteroatoms. The van der Waals surface area contributed by atoms with Gasteiger partial charge in [-0.25, -0.2) is 0 Å². The maximum Gasteiger partial charge on any atom is 0.295 e. The van der Waals surface area contributed by atoms with Gasteiger partial charge in [0.25, 0.3) is 7.52 Å². The fraction of sp³-hybridized carbons (Fsp3) is 0.0588. The van der Waals surface area contributed by atoms with Crippen molar-refractivity contribution in [3.05, 3.63) is 78.4 Å². The zero-order chi connectivity index (χ0) is 14.7. The van der Waals surface area contributed by atoms with Crippen molar-refractivity contribution >= 4 is 24.0 Å². The van der Waals surface area contributed by atoms with Crippen LogP contribution in [0.3, 0.4) is 0 Å². The van der Waals surface area contributed by atoms with Crippen LogP contribution in [-0.4, -0.2) is 4.89 Å². The second kappa shape index (κ2) is 5.72. The van der Waals surface area contributed by atoms with E-state index in [0.29, 0.717) is 5.69 Å². The molecule has 0 radical (unpaired) electrons. The molecule has 0 bridgehead atoms. The van der Waals surface area contributed by atoms with E-state index < -0.39 is 7.52 Å². The monoisotopic (exact) mass is 297 g/mol. The quantitative estimate of drug-likeness (QED) is 0.690. The minimum atomic E-state index is -3.49. The smallest absolute Gasteiger partial charge is 0.295 e. The summed E-state index contributed by atoms with van der Waals surface area (Å²) in [6.45, 7) is 0. The number of para-hydroxylation sites is 1. The van der Waals surface area contributed by atoms with Gasteiger partial charge in [-0.2, -0.15) is 0 Å². The summed E-state index contributed by atoms with van der Waals surface area (Å²) >= 11 is 0. The largest absolute Gasteiger partial charge is 0.329 e. The molecule has 0 fully saturated rings. The molecule has 0 aliphatic heterocycles. The van der Waals surface area contributed by atoms with Gasteiger partial charge in [0.1, 0.15) is 0 Å². The number of nitrogens with one attached hydrogen (secondary N) is 1. The van der Waals surface area contributed by atoms with Gasteiger partial charge in [-0.15, -0.1) is 0 Å². The zero-order valence-electron chi connectivity index (χ0n) is 11.4. The maximum atomic E-state index is 12.4. The number of benzene rings is 3. The van der Waals surface area contributed by atoms with Gasteiger partial charge in [0.15, 0.2) is 0 Å². The second-order valence-electron chi connectivity index (χ2n) is 4.98. The number of hydrogen-bond acceptors (Lipinski definition) is 1. The van der Waals surface area contributed by atoms with E-state index in [4.69, 9.17) is 0 Å². The van der Waals surface area contributed by atoms with Crippen LogP contribution < -0.4 is 5.09 Å². The molecular weight excluding hydrogens is 281 g/mol. The second-order valence-corrected chi connectivity index (χ2v) is 6.92. The van der Waals surface area contributed by atoms with Gasteiger partial charge >= 0.3 is 0 Å². The van der Waals surface area contributed by atoms with E-state index in [1.54, 1.807) is 12.1 Å². The van der Waals surface area contributed by atoms with E-state index >= 15 is 0 Å². The fourth-order valence-electron chi connectivity index (χ4n) is 2.42. The summed E-state index contributed by atoms with van der Waals surface area (Å²) in [6, 6.07) is 22.8. The fourth-order valence-corrected chi connectivity index (χ4v) is 3.78. The van der Waals surface area contributed by atoms with Gasteiger partial charge in [-0.1, -0.05) is 60.7 Å². The van der Waals surface area contributed by atoms with Crippen LogP contribution in [-0.2, 0) is 10.7 Å². The lowest BCUT2D eigenvalue weighted by Gasteiger charge is -2.15. The summed E-state index contributed by atoms with van der Waals surface area (Å²) in [5.41, 5.74) is 1.53. The van der Waals surface area contributed by atoms with Crippen LogP contribution in [0.2, 0.25) is 0 Å². The summed E-state index contributed by atoms with van der Waals surface area (Å²) < 4.78 is 12.4. The first-order valence-corrected chi connectivity index (χ1v) is 8.60. The van der Waals surface area contributed by atoms with Gasteiger partial charge in [-0.05, 0) is 28.5 Å². The molecule has 3 nitrogen and oxygen atoms in total. The summed E-state index contributed by atoms with van der Waals surface area (Å²) in [7, 11) is -3.49. The summed E-state index contributed by atoms with van der Waals surface area (Å²) in [6.07, 6.45) is 0.100. The Balaban J connectivity index is 1.89. The normalized spacial score (nSPS) is 13.8. The zero-order valence-corrected chi connectivity index (χ0v) is 12.3. The lowest BCUT2D eigenvalue weighted by molar-refractivity contribution is 0.483. The molecule has 3 rings (SSSR count). The Morgan fingerprint density at radius 2 is 1.52 bits per heavy atom. The first kappa shape index (κ1) is 13.9. The van der Waals surface area contributed by atoms with Crippen molar-refractivity contribution in [2.24, 2.45) is 0 Å². The third kappa shape index (κ3) is 3.33. The van der Waals surface area contributed by atoms with Gasteiger partial charge in [0.2, 0.25) is 0 Å². The van der Waals surface area contributed by atoms with Crippen molar-refractivity contribution in [3.8, 4) is 0 Å². The van der Waals surface area contributed by atoms with Crippen LogP contribution >= 0.6 is 7.52 Å². The van der Waals surface area contributed by atoms with E-state index in [-0.39, 0.29) is 6.16 Å². The third-order valence-corrected chi connectivity index (χ3v) is 4.72. The maximum absolute atomic E-state index is 12.4. The van der Waals surface area contributed by atoms with Crippen LogP contribution in [0.4, 0.5) is 5.69 Å². The number of fused-ring (bicyclic) bond motifs is 1. The number of hydrogen-bond donors (Lipinski definition) is 2. The highest BCUT2D eigenvalue weighted by Gasteiger charge is 2.19. The Kier molecular flexibility index (Phi) is 3.78. The Morgan fingerprint density at radius 1 is 0.857 bits per heavy atom. The van der Waals surface area contributed by atoms with Gasteiger partial charge in [0.05, 0.1) is 6.16 Å². The molecule has 0 saturated heterocycles. The topological polar surface area (TPSA) is 49.3 Å². The van der Waals surface area contributed by atoms with E-state index in [2.05, 4.69) is 5.09 Å². The van der Waals surface area contributed by atoms with Gasteiger partial charge in [-0.3, -0.25) is 4.57 Å². The van der Waals surface area contributed by atoms with E-state index in [0.717, 1.165) is 16.3 Å². The molecule has 3 aromatic carbocycles. The highest BCUT2D eigenvalue weighted by molar-refractivity contribution is 7.58. The highest BCUT2D eigenvalue weighted by atomic mass is 31.2. The minimum Gasteiger partial charge on any atom is -0.329 e. The molecule has 1 atom stereocenters. The van der Waals surface area contributed by atoms with E-state index in [9.17, 15) is 9.46 Å². The molecule has 0 amide bonds. The van der Waals surface area contributed by atoms with Crippen LogP contribution in [0, 0.1) is 0 Å². The summed E-state index contributed by atoms with van der Waals surface area (Å²) in [5.74, 6) is 0. The molecule has 3 aromatic rings. The van der Waals surface area contributed by atoms with Crippen LogP contribution in [0.5, 0.6) is 0 Å². The minimum absolute atomic E-state index is 0.100. The Labute approximate surface area is 123 Å². The molecule has 0 spiro atoms. The van der Waals surface area contributed by atoms with Crippen LogP contribution in [0.25, 0.3) is 10.8 Å². The highest BCUT2D eigenvalue weighted by Crippen LogP contribution is 2.45. The Bertz CT molecular complexity index is 797. The predicted octanol–water partition coefficient (Wildman–Crippen LogP) is 4.64. The van der Waals surface area contributed by atoms with Crippen LogP contribution in [0.15, 0.2) is 72.8 Å². The lowest BCUT2D eigenvalue weighted by Crippen LogP contribution is -1.99. The van der Waals surface area contributed by atoms with Crippen molar-refractivity contribution in [2.45, 2.75) is 6.16 Å². The SMILES string of the molecule is O=P(O)(Cc1cccc2ccccc12)Nc1ccccc1. The molecule has 21 heavy (non-hydrogen) atoms. The molecule has 2 N–H and O–H groups in total. The molecule has 0 saturated carbocycles. The standard InChI is InChI=1S/C17H16NO2P/c19-21(20,18-16-10-2-1-3-11-16)13-15-9-6-8-14-7-4-5-12-17(14)15/h1-12H,13H2,(H2,18,19,20). The van der Waals surface area contributed by atoms with Gasteiger partial charge in [0, 0.05) is 5.69 Å². The van der Waals surface area contributed by atoms with Gasteiger partial charge < -0.3 is 9.98 Å². The Morgan fingerprint density at radius 3 is 2.33 bits per heavy atom. The van der Waals surface area contributed by atoms with E-state index in [1.807, 2.05) is 60.7 Å². The number of rotatable bonds is 4. The lowest BCUT2D eigenvalue weighted by atomic mass is 10.1. The first-order valence-electron chi connectivity index (χ1n) is 6.76. The summed E-state index contributed by atoms with van der Waals surface area (Å²) in [5, 5.41) is 4.84. The molecule has 0 heterocycles. The van der Waals surface area contributed by atoms with Crippen molar-refractivity contribution in [1.29, 1.82) is 0 Å². The van der Waals surface area contributed by atoms with Crippen molar-refractivity contribution in [2.75, 3.05) is 5.09 Å². The van der Waals surface area contributed by atoms with Crippen molar-refractivity contribution < 1.29 is 9.46 Å². The average Bonchev–Trinajstić information content (AvgIpc) is 2.48. The molecule has 1 unspecified atom stereocenters. The van der Waals surface area contributed by atoms with Crippen LogP contribution in [0.1, 0.15) is 5.56 Å². The molecular formula is C17H16NO2P.